The monoisotopic (exact) mass is 314 g/mol. The molecule has 0 heterocycles. The van der Waals surface area contributed by atoms with Crippen LogP contribution in [0.1, 0.15) is 69.4 Å². The molecule has 4 rings (SSSR count). The maximum Gasteiger partial charge on any atom is 0.119 e. The first-order valence-corrected chi connectivity index (χ1v) is 9.41. The molecule has 0 aliphatic heterocycles. The molecule has 0 amide bonds. The molecule has 1 aromatic carbocycles. The summed E-state index contributed by atoms with van der Waals surface area (Å²) in [6, 6.07) is 6.69. The molecule has 5 atom stereocenters. The lowest BCUT2D eigenvalue weighted by molar-refractivity contribution is -0.104. The van der Waals surface area contributed by atoms with Crippen LogP contribution in [-0.4, -0.2) is 17.8 Å². The number of aryl methyl sites for hydroxylation is 1. The van der Waals surface area contributed by atoms with Crippen LogP contribution < -0.4 is 4.74 Å². The van der Waals surface area contributed by atoms with Crippen LogP contribution in [0.25, 0.3) is 0 Å². The second-order valence-corrected chi connectivity index (χ2v) is 8.36. The summed E-state index contributed by atoms with van der Waals surface area (Å²) >= 11 is 0. The van der Waals surface area contributed by atoms with Crippen molar-refractivity contribution in [2.75, 3.05) is 7.11 Å². The van der Waals surface area contributed by atoms with Gasteiger partial charge >= 0.3 is 0 Å². The van der Waals surface area contributed by atoms with Gasteiger partial charge in [0.2, 0.25) is 0 Å². The molecule has 23 heavy (non-hydrogen) atoms. The first kappa shape index (κ1) is 15.5. The van der Waals surface area contributed by atoms with E-state index < -0.39 is 5.60 Å². The van der Waals surface area contributed by atoms with Gasteiger partial charge in [0, 0.05) is 0 Å². The summed E-state index contributed by atoms with van der Waals surface area (Å²) in [5.74, 6) is 3.14. The zero-order chi connectivity index (χ0) is 16.2. The molecule has 1 N–H and O–H groups in total. The van der Waals surface area contributed by atoms with E-state index in [1.807, 2.05) is 0 Å². The quantitative estimate of drug-likeness (QED) is 0.858. The summed E-state index contributed by atoms with van der Waals surface area (Å²) in [7, 11) is 1.75. The average molecular weight is 314 g/mol. The molecule has 0 radical (unpaired) electrons. The molecule has 2 fully saturated rings. The number of benzene rings is 1. The summed E-state index contributed by atoms with van der Waals surface area (Å²) in [6.45, 7) is 4.55. The van der Waals surface area contributed by atoms with Crippen molar-refractivity contribution in [2.45, 2.75) is 70.3 Å². The van der Waals surface area contributed by atoms with Gasteiger partial charge in [0.15, 0.2) is 0 Å². The van der Waals surface area contributed by atoms with E-state index in [-0.39, 0.29) is 5.41 Å². The molecule has 5 unspecified atom stereocenters. The Kier molecular flexibility index (Phi) is 3.53. The van der Waals surface area contributed by atoms with Crippen molar-refractivity contribution in [3.63, 3.8) is 0 Å². The summed E-state index contributed by atoms with van der Waals surface area (Å²) in [4.78, 5) is 0. The molecule has 2 saturated carbocycles. The van der Waals surface area contributed by atoms with Crippen LogP contribution >= 0.6 is 0 Å². The van der Waals surface area contributed by atoms with Gasteiger partial charge in [-0.15, -0.1) is 0 Å². The molecule has 1 aromatic rings. The molecule has 0 aromatic heterocycles. The molecule has 0 bridgehead atoms. The second kappa shape index (κ2) is 5.24. The standard InChI is InChI=1S/C21H30O2/c1-4-21(22)12-10-19-18-7-5-14-13-15(23-3)6-8-16(14)17(18)9-11-20(19,21)2/h6,8,13,17-19,22H,4-5,7,9-12H2,1-3H3. The highest BCUT2D eigenvalue weighted by Gasteiger charge is 2.60. The Labute approximate surface area is 140 Å². The van der Waals surface area contributed by atoms with Gasteiger partial charge in [0.05, 0.1) is 12.7 Å². The predicted octanol–water partition coefficient (Wildman–Crippen LogP) is 4.69. The van der Waals surface area contributed by atoms with Gasteiger partial charge in [0.1, 0.15) is 5.75 Å². The van der Waals surface area contributed by atoms with Crippen molar-refractivity contribution in [1.82, 2.24) is 0 Å². The number of hydrogen-bond acceptors (Lipinski definition) is 2. The van der Waals surface area contributed by atoms with Crippen LogP contribution in [0.2, 0.25) is 0 Å². The number of aliphatic hydroxyl groups is 1. The maximum atomic E-state index is 11.2. The highest BCUT2D eigenvalue weighted by molar-refractivity contribution is 5.40. The topological polar surface area (TPSA) is 29.5 Å². The summed E-state index contributed by atoms with van der Waals surface area (Å²) < 4.78 is 5.41. The zero-order valence-electron chi connectivity index (χ0n) is 14.8. The lowest BCUT2D eigenvalue weighted by Crippen LogP contribution is -2.50. The number of hydrogen-bond donors (Lipinski definition) is 1. The summed E-state index contributed by atoms with van der Waals surface area (Å²) in [5, 5.41) is 11.2. The SMILES string of the molecule is CCC1(O)CCC2C3CCc4cc(OC)ccc4C3CCC21C. The third kappa shape index (κ3) is 2.03. The van der Waals surface area contributed by atoms with E-state index >= 15 is 0 Å². The van der Waals surface area contributed by atoms with E-state index in [1.165, 1.54) is 37.7 Å². The summed E-state index contributed by atoms with van der Waals surface area (Å²) in [5.41, 5.74) is 2.77. The van der Waals surface area contributed by atoms with Crippen LogP contribution in [-0.2, 0) is 6.42 Å². The molecule has 3 aliphatic rings. The second-order valence-electron chi connectivity index (χ2n) is 8.36. The number of methoxy groups -OCH3 is 1. The van der Waals surface area contributed by atoms with Gasteiger partial charge < -0.3 is 9.84 Å². The van der Waals surface area contributed by atoms with Crippen molar-refractivity contribution in [1.29, 1.82) is 0 Å². The lowest BCUT2D eigenvalue weighted by atomic mass is 9.53. The predicted molar refractivity (Wildman–Crippen MR) is 92.9 cm³/mol. The van der Waals surface area contributed by atoms with Gasteiger partial charge in [-0.1, -0.05) is 19.9 Å². The van der Waals surface area contributed by atoms with Gasteiger partial charge in [-0.05, 0) is 91.4 Å². The van der Waals surface area contributed by atoms with E-state index in [1.54, 1.807) is 12.7 Å². The molecule has 2 nitrogen and oxygen atoms in total. The first-order valence-electron chi connectivity index (χ1n) is 9.41. The molecule has 0 spiro atoms. The fourth-order valence-corrected chi connectivity index (χ4v) is 6.38. The highest BCUT2D eigenvalue weighted by Crippen LogP contribution is 2.64. The lowest BCUT2D eigenvalue weighted by Gasteiger charge is -2.53. The average Bonchev–Trinajstić information content (AvgIpc) is 2.86. The highest BCUT2D eigenvalue weighted by atomic mass is 16.5. The Bertz CT molecular complexity index is 610. The van der Waals surface area contributed by atoms with E-state index in [9.17, 15) is 5.11 Å². The fourth-order valence-electron chi connectivity index (χ4n) is 6.38. The van der Waals surface area contributed by atoms with Gasteiger partial charge in [-0.25, -0.2) is 0 Å². The smallest absolute Gasteiger partial charge is 0.119 e. The van der Waals surface area contributed by atoms with Crippen molar-refractivity contribution in [3.05, 3.63) is 29.3 Å². The van der Waals surface area contributed by atoms with Crippen LogP contribution in [0, 0.1) is 17.3 Å². The molecular formula is C21H30O2. The Balaban J connectivity index is 1.68. The number of rotatable bonds is 2. The third-order valence-electron chi connectivity index (χ3n) is 7.84. The summed E-state index contributed by atoms with van der Waals surface area (Å²) in [6.07, 6.45) is 7.99. The minimum Gasteiger partial charge on any atom is -0.497 e. The first-order chi connectivity index (χ1) is 11.0. The Morgan fingerprint density at radius 2 is 2.04 bits per heavy atom. The minimum atomic E-state index is -0.428. The largest absolute Gasteiger partial charge is 0.497 e. The van der Waals surface area contributed by atoms with E-state index in [4.69, 9.17) is 4.74 Å². The van der Waals surface area contributed by atoms with Gasteiger partial charge in [-0.2, -0.15) is 0 Å². The number of ether oxygens (including phenoxy) is 1. The zero-order valence-corrected chi connectivity index (χ0v) is 14.8. The maximum absolute atomic E-state index is 11.2. The normalized spacial score (nSPS) is 41.8. The molecular weight excluding hydrogens is 284 g/mol. The molecule has 126 valence electrons. The Morgan fingerprint density at radius 1 is 1.22 bits per heavy atom. The van der Waals surface area contributed by atoms with E-state index in [0.29, 0.717) is 11.8 Å². The van der Waals surface area contributed by atoms with Gasteiger partial charge in [-0.3, -0.25) is 0 Å². The van der Waals surface area contributed by atoms with Crippen molar-refractivity contribution < 1.29 is 9.84 Å². The van der Waals surface area contributed by atoms with Crippen LogP contribution in [0.15, 0.2) is 18.2 Å². The number of fused-ring (bicyclic) bond motifs is 5. The van der Waals surface area contributed by atoms with Gasteiger partial charge in [0.25, 0.3) is 0 Å². The Hall–Kier alpha value is -1.02. The Morgan fingerprint density at radius 3 is 2.78 bits per heavy atom. The van der Waals surface area contributed by atoms with E-state index in [2.05, 4.69) is 32.0 Å². The van der Waals surface area contributed by atoms with Crippen LogP contribution in [0.5, 0.6) is 5.75 Å². The fraction of sp³-hybridized carbons (Fsp3) is 0.714. The molecule has 3 aliphatic carbocycles. The van der Waals surface area contributed by atoms with Crippen molar-refractivity contribution in [2.24, 2.45) is 17.3 Å². The third-order valence-corrected chi connectivity index (χ3v) is 7.84. The van der Waals surface area contributed by atoms with Crippen molar-refractivity contribution in [3.8, 4) is 5.75 Å². The molecule has 0 saturated heterocycles. The van der Waals surface area contributed by atoms with E-state index in [0.717, 1.165) is 24.5 Å². The van der Waals surface area contributed by atoms with Crippen LogP contribution in [0.4, 0.5) is 0 Å². The van der Waals surface area contributed by atoms with Crippen LogP contribution in [0.3, 0.4) is 0 Å². The minimum absolute atomic E-state index is 0.132. The molecule has 2 heteroatoms. The van der Waals surface area contributed by atoms with Crippen molar-refractivity contribution >= 4 is 0 Å².